The molecule has 1 radical (unpaired) electrons. The van der Waals surface area contributed by atoms with Crippen LogP contribution in [-0.4, -0.2) is 12.6 Å². The number of hydrogen-bond donors (Lipinski definition) is 0. The maximum Gasteiger partial charge on any atom is 0.152 e. The molecule has 3 heteroatoms. The van der Waals surface area contributed by atoms with E-state index in [-0.39, 0.29) is 0 Å². The lowest BCUT2D eigenvalue weighted by Crippen LogP contribution is -2.18. The van der Waals surface area contributed by atoms with Gasteiger partial charge in [-0.1, -0.05) is 91.1 Å². The smallest absolute Gasteiger partial charge is 0.0935 e. The van der Waals surface area contributed by atoms with E-state index in [2.05, 4.69) is 67.9 Å². The molecular weight excluding hydrogens is 339 g/mol. The first kappa shape index (κ1) is 18.4. The van der Waals surface area contributed by atoms with Gasteiger partial charge in [0.05, 0.1) is 0 Å². The van der Waals surface area contributed by atoms with Gasteiger partial charge in [-0.05, 0) is 41.3 Å². The fraction of sp³-hybridized carbons (Fsp3) is 0.389. The molecule has 0 aliphatic rings. The van der Waals surface area contributed by atoms with Crippen molar-refractivity contribution in [3.05, 3.63) is 42.0 Å². The molecule has 0 bridgehead atoms. The average Bonchev–Trinajstić information content (AvgIpc) is 2.48. The molecule has 0 saturated carbocycles. The van der Waals surface area contributed by atoms with Crippen LogP contribution in [0.5, 0.6) is 0 Å². The Hall–Kier alpha value is -0.665. The van der Waals surface area contributed by atoms with Crippen molar-refractivity contribution in [2.45, 2.75) is 45.9 Å². The fourth-order valence-electron chi connectivity index (χ4n) is 2.35. The molecule has 0 unspecified atom stereocenters. The molecule has 0 N–H and O–H groups in total. The summed E-state index contributed by atoms with van der Waals surface area (Å²) in [7, 11) is 2.29. The molecule has 0 aliphatic heterocycles. The maximum atomic E-state index is 4.88. The van der Waals surface area contributed by atoms with Crippen LogP contribution in [0.1, 0.15) is 50.7 Å². The van der Waals surface area contributed by atoms with Crippen molar-refractivity contribution in [3.63, 3.8) is 0 Å². The minimum atomic E-state index is 0.938. The number of halogens is 1. The Bertz CT molecular complexity index is 520. The third-order valence-corrected chi connectivity index (χ3v) is 4.10. The molecule has 0 fully saturated rings. The van der Waals surface area contributed by atoms with Crippen LogP contribution in [0.25, 0.3) is 10.1 Å². The van der Waals surface area contributed by atoms with Crippen LogP contribution in [0.4, 0.5) is 0 Å². The molecule has 1 rings (SSSR count). The van der Waals surface area contributed by atoms with Crippen molar-refractivity contribution in [2.75, 3.05) is 0 Å². The van der Waals surface area contributed by atoms with Crippen LogP contribution in [0, 0.1) is 0 Å². The van der Waals surface area contributed by atoms with Gasteiger partial charge in [0, 0.05) is 4.48 Å². The van der Waals surface area contributed by atoms with Crippen molar-refractivity contribution >= 4 is 56.3 Å². The quantitative estimate of drug-likeness (QED) is 0.305. The van der Waals surface area contributed by atoms with E-state index < -0.39 is 0 Å². The predicted molar refractivity (Wildman–Crippen MR) is 106 cm³/mol. The Morgan fingerprint density at radius 2 is 2.14 bits per heavy atom. The van der Waals surface area contributed by atoms with Crippen molar-refractivity contribution in [2.24, 2.45) is 0 Å². The Morgan fingerprint density at radius 1 is 1.38 bits per heavy atom. The van der Waals surface area contributed by atoms with Crippen LogP contribution in [0.2, 0.25) is 6.32 Å². The van der Waals surface area contributed by atoms with Gasteiger partial charge < -0.3 is 0 Å². The molecule has 0 heterocycles. The van der Waals surface area contributed by atoms with E-state index in [1.807, 2.05) is 5.37 Å². The zero-order chi connectivity index (χ0) is 15.7. The number of benzene rings is 1. The second kappa shape index (κ2) is 10.1. The SMILES string of the molecule is C=C(Br)c1ccc(/C(=C\CC)CC)cc1[B]CCCC=S. The summed E-state index contributed by atoms with van der Waals surface area (Å²) < 4.78 is 0.938. The summed E-state index contributed by atoms with van der Waals surface area (Å²) in [4.78, 5) is 0. The third-order valence-electron chi connectivity index (χ3n) is 3.44. The first-order chi connectivity index (χ1) is 10.1. The van der Waals surface area contributed by atoms with Crippen molar-refractivity contribution in [3.8, 4) is 0 Å². The van der Waals surface area contributed by atoms with E-state index in [9.17, 15) is 0 Å². The van der Waals surface area contributed by atoms with Crippen LogP contribution < -0.4 is 5.46 Å². The van der Waals surface area contributed by atoms with Gasteiger partial charge in [0.25, 0.3) is 0 Å². The lowest BCUT2D eigenvalue weighted by molar-refractivity contribution is 1.01. The molecular formula is C18H23BBrS. The molecule has 0 amide bonds. The van der Waals surface area contributed by atoms with E-state index >= 15 is 0 Å². The predicted octanol–water partition coefficient (Wildman–Crippen LogP) is 5.78. The molecule has 111 valence electrons. The molecule has 0 nitrogen and oxygen atoms in total. The zero-order valence-corrected chi connectivity index (χ0v) is 15.4. The summed E-state index contributed by atoms with van der Waals surface area (Å²) in [5, 5.41) is 1.81. The highest BCUT2D eigenvalue weighted by Gasteiger charge is 2.08. The highest BCUT2D eigenvalue weighted by atomic mass is 79.9. The molecule has 1 aromatic carbocycles. The van der Waals surface area contributed by atoms with Crippen molar-refractivity contribution in [1.82, 2.24) is 0 Å². The van der Waals surface area contributed by atoms with E-state index in [1.54, 1.807) is 0 Å². The van der Waals surface area contributed by atoms with Gasteiger partial charge >= 0.3 is 0 Å². The van der Waals surface area contributed by atoms with Gasteiger partial charge in [0.2, 0.25) is 0 Å². The van der Waals surface area contributed by atoms with Crippen LogP contribution in [-0.2, 0) is 0 Å². The minimum Gasteiger partial charge on any atom is -0.0935 e. The maximum absolute atomic E-state index is 4.88. The van der Waals surface area contributed by atoms with E-state index in [1.165, 1.54) is 22.2 Å². The fourth-order valence-corrected chi connectivity index (χ4v) is 2.88. The summed E-state index contributed by atoms with van der Waals surface area (Å²) in [5.41, 5.74) is 5.16. The molecule has 0 saturated heterocycles. The molecule has 1 aromatic rings. The first-order valence-electron chi connectivity index (χ1n) is 7.59. The van der Waals surface area contributed by atoms with Gasteiger partial charge in [0.1, 0.15) is 0 Å². The topological polar surface area (TPSA) is 0 Å². The Labute approximate surface area is 144 Å². The first-order valence-corrected chi connectivity index (χ1v) is 8.85. The zero-order valence-electron chi connectivity index (χ0n) is 13.0. The van der Waals surface area contributed by atoms with E-state index in [4.69, 9.17) is 12.2 Å². The van der Waals surface area contributed by atoms with E-state index in [0.717, 1.165) is 36.5 Å². The van der Waals surface area contributed by atoms with Gasteiger partial charge in [-0.15, -0.1) is 0 Å². The summed E-state index contributed by atoms with van der Waals surface area (Å²) in [6.07, 6.45) is 7.59. The second-order valence-corrected chi connectivity index (χ2v) is 6.29. The Morgan fingerprint density at radius 3 is 2.71 bits per heavy atom. The normalized spacial score (nSPS) is 11.3. The highest BCUT2D eigenvalue weighted by Crippen LogP contribution is 2.22. The number of thiocarbonyl (C=S) groups is 1. The summed E-state index contributed by atoms with van der Waals surface area (Å²) in [6, 6.07) is 6.64. The summed E-state index contributed by atoms with van der Waals surface area (Å²) >= 11 is 8.39. The molecule has 0 aromatic heterocycles. The van der Waals surface area contributed by atoms with Gasteiger partial charge in [0.15, 0.2) is 7.28 Å². The number of hydrogen-bond acceptors (Lipinski definition) is 1. The summed E-state index contributed by atoms with van der Waals surface area (Å²) in [6.45, 7) is 8.41. The Kier molecular flexibility index (Phi) is 8.87. The molecule has 0 aliphatic carbocycles. The third kappa shape index (κ3) is 5.92. The lowest BCUT2D eigenvalue weighted by Gasteiger charge is -2.12. The largest absolute Gasteiger partial charge is 0.152 e. The molecule has 0 spiro atoms. The van der Waals surface area contributed by atoms with Crippen LogP contribution >= 0.6 is 28.1 Å². The number of allylic oxidation sites excluding steroid dienone is 2. The lowest BCUT2D eigenvalue weighted by atomic mass is 9.64. The van der Waals surface area contributed by atoms with Crippen LogP contribution in [0.15, 0.2) is 30.9 Å². The standard InChI is InChI=1S/C18H23BBrS/c1-4-8-15(5-2)16-9-10-17(14(3)20)18(13-16)19-11-6-7-12-21/h8-10,12-13H,3-7,11H2,1-2H3/b15-8-. The van der Waals surface area contributed by atoms with Crippen molar-refractivity contribution in [1.29, 1.82) is 0 Å². The molecule has 0 atom stereocenters. The summed E-state index contributed by atoms with van der Waals surface area (Å²) in [5.74, 6) is 0. The Balaban J connectivity index is 3.02. The number of unbranched alkanes of at least 4 members (excludes halogenated alkanes) is 1. The van der Waals surface area contributed by atoms with Gasteiger partial charge in [-0.2, -0.15) is 0 Å². The van der Waals surface area contributed by atoms with Crippen molar-refractivity contribution < 1.29 is 0 Å². The van der Waals surface area contributed by atoms with Crippen LogP contribution in [0.3, 0.4) is 0 Å². The van der Waals surface area contributed by atoms with Gasteiger partial charge in [-0.3, -0.25) is 0 Å². The number of rotatable bonds is 9. The highest BCUT2D eigenvalue weighted by molar-refractivity contribution is 9.15. The minimum absolute atomic E-state index is 0.938. The monoisotopic (exact) mass is 361 g/mol. The van der Waals surface area contributed by atoms with Gasteiger partial charge in [-0.25, -0.2) is 0 Å². The molecule has 21 heavy (non-hydrogen) atoms. The average molecular weight is 362 g/mol. The second-order valence-electron chi connectivity index (χ2n) is 5.00. The van der Waals surface area contributed by atoms with E-state index in [0.29, 0.717) is 0 Å².